The average molecular weight is 141 g/mol. The first-order valence-corrected chi connectivity index (χ1v) is 3.08. The van der Waals surface area contributed by atoms with Crippen LogP contribution in [0.25, 0.3) is 0 Å². The highest BCUT2D eigenvalue weighted by atomic mass is 32.1. The van der Waals surface area contributed by atoms with E-state index in [-0.39, 0.29) is 0 Å². The molecule has 0 radical (unpaired) electrons. The number of rotatable bonds is 1. The maximum atomic E-state index is 5.17. The van der Waals surface area contributed by atoms with E-state index in [4.69, 9.17) is 4.74 Å². The van der Waals surface area contributed by atoms with Gasteiger partial charge in [-0.25, -0.2) is 0 Å². The lowest BCUT2D eigenvalue weighted by molar-refractivity contribution is 0.0502. The molecular weight excluding hydrogens is 134 g/mol. The van der Waals surface area contributed by atoms with Gasteiger partial charge in [0.2, 0.25) is 0 Å². The molecule has 0 saturated carbocycles. The third kappa shape index (κ3) is 1.45. The Hall–Kier alpha value is -0.500. The van der Waals surface area contributed by atoms with Crippen LogP contribution in [0.15, 0.2) is 17.1 Å². The van der Waals surface area contributed by atoms with Crippen molar-refractivity contribution in [1.29, 1.82) is 0 Å². The lowest BCUT2D eigenvalue weighted by Gasteiger charge is -2.12. The normalized spacial score (nSPS) is 32.1. The fourth-order valence-corrected chi connectivity index (χ4v) is 0.873. The van der Waals surface area contributed by atoms with Crippen molar-refractivity contribution in [2.24, 2.45) is 4.99 Å². The Labute approximate surface area is 59.2 Å². The van der Waals surface area contributed by atoms with Crippen molar-refractivity contribution in [1.82, 2.24) is 0 Å². The van der Waals surface area contributed by atoms with E-state index >= 15 is 0 Å². The Morgan fingerprint density at radius 3 is 3.11 bits per heavy atom. The van der Waals surface area contributed by atoms with Crippen molar-refractivity contribution in [2.45, 2.75) is 12.6 Å². The molecule has 1 rings (SSSR count). The fraction of sp³-hybridized carbons (Fsp3) is 0.500. The van der Waals surface area contributed by atoms with Crippen LogP contribution in [-0.4, -0.2) is 17.5 Å². The van der Waals surface area contributed by atoms with Crippen molar-refractivity contribution < 1.29 is 4.74 Å². The predicted octanol–water partition coefficient (Wildman–Crippen LogP) is 1.39. The first kappa shape index (κ1) is 6.62. The van der Waals surface area contributed by atoms with Crippen molar-refractivity contribution in [3.8, 4) is 0 Å². The molecule has 1 atom stereocenters. The number of ether oxygens (including phenoxy) is 1. The minimum absolute atomic E-state index is 0.526. The Kier molecular flexibility index (Phi) is 1.76. The molecule has 0 aromatic heterocycles. The third-order valence-corrected chi connectivity index (χ3v) is 1.26. The van der Waals surface area contributed by atoms with Crippen LogP contribution in [0.4, 0.5) is 0 Å². The Morgan fingerprint density at radius 2 is 2.67 bits per heavy atom. The third-order valence-electron chi connectivity index (χ3n) is 1.17. The molecule has 9 heavy (non-hydrogen) atoms. The second-order valence-electron chi connectivity index (χ2n) is 1.97. The van der Waals surface area contributed by atoms with E-state index in [2.05, 4.69) is 22.4 Å². The molecule has 1 aliphatic rings. The second kappa shape index (κ2) is 2.40. The van der Waals surface area contributed by atoms with Gasteiger partial charge in [0.15, 0.2) is 5.72 Å². The number of aliphatic imine (C=N–C) groups is 1. The van der Waals surface area contributed by atoms with Gasteiger partial charge in [-0.05, 0) is 25.2 Å². The van der Waals surface area contributed by atoms with E-state index in [0.717, 1.165) is 0 Å². The molecule has 2 nitrogen and oxygen atoms in total. The molecule has 0 bridgehead atoms. The first-order valence-electron chi connectivity index (χ1n) is 2.67. The zero-order valence-corrected chi connectivity index (χ0v) is 5.94. The fourth-order valence-electron chi connectivity index (χ4n) is 0.692. The van der Waals surface area contributed by atoms with Gasteiger partial charge >= 0.3 is 0 Å². The molecule has 1 aliphatic heterocycles. The highest BCUT2D eigenvalue weighted by molar-refractivity contribution is 7.78. The molecule has 48 valence electrons. The van der Waals surface area contributed by atoms with E-state index in [0.29, 0.717) is 6.61 Å². The maximum Gasteiger partial charge on any atom is 0.185 e. The van der Waals surface area contributed by atoms with Crippen LogP contribution in [-0.2, 0) is 4.74 Å². The van der Waals surface area contributed by atoms with E-state index < -0.39 is 5.72 Å². The minimum atomic E-state index is -0.526. The summed E-state index contributed by atoms with van der Waals surface area (Å²) in [6, 6.07) is 0. The smallest absolute Gasteiger partial charge is 0.185 e. The van der Waals surface area contributed by atoms with Crippen LogP contribution >= 0.6 is 12.2 Å². The molecule has 0 aromatic rings. The zero-order valence-electron chi connectivity index (χ0n) is 5.13. The topological polar surface area (TPSA) is 21.6 Å². The standard InChI is InChI=1S/C6H7NOS/c1-6(7-5-9)3-2-4-8-6/h2-3H,4H2,1H3/t6-/m0/s1. The Balaban J connectivity index is 2.73. The first-order chi connectivity index (χ1) is 4.27. The van der Waals surface area contributed by atoms with Crippen LogP contribution < -0.4 is 0 Å². The van der Waals surface area contributed by atoms with Gasteiger partial charge in [-0.15, -0.1) is 0 Å². The molecule has 0 saturated heterocycles. The summed E-state index contributed by atoms with van der Waals surface area (Å²) in [7, 11) is 0. The highest BCUT2D eigenvalue weighted by Gasteiger charge is 2.22. The molecule has 0 amide bonds. The Bertz CT molecular complexity index is 183. The maximum absolute atomic E-state index is 5.17. The number of nitrogens with zero attached hydrogens (tertiary/aromatic N) is 1. The van der Waals surface area contributed by atoms with Gasteiger partial charge in [-0.3, -0.25) is 0 Å². The van der Waals surface area contributed by atoms with Gasteiger partial charge in [0.1, 0.15) is 0 Å². The highest BCUT2D eigenvalue weighted by Crippen LogP contribution is 2.18. The molecule has 0 fully saturated rings. The van der Waals surface area contributed by atoms with Crippen molar-refractivity contribution in [3.05, 3.63) is 12.2 Å². The van der Waals surface area contributed by atoms with E-state index in [1.807, 2.05) is 19.1 Å². The molecule has 0 spiro atoms. The number of thiocarbonyl (C=S) groups is 1. The molecule has 0 aromatic carbocycles. The number of isothiocyanates is 1. The average Bonchev–Trinajstić information content (AvgIpc) is 2.16. The van der Waals surface area contributed by atoms with E-state index in [1.165, 1.54) is 0 Å². The SMILES string of the molecule is C[C@@]1(N=C=S)C=CCO1. The number of hydrogen-bond acceptors (Lipinski definition) is 3. The lowest BCUT2D eigenvalue weighted by atomic mass is 10.3. The van der Waals surface area contributed by atoms with Crippen molar-refractivity contribution in [3.63, 3.8) is 0 Å². The summed E-state index contributed by atoms with van der Waals surface area (Å²) in [4.78, 5) is 3.81. The van der Waals surface area contributed by atoms with Gasteiger partial charge in [0, 0.05) is 0 Å². The van der Waals surface area contributed by atoms with Gasteiger partial charge in [-0.1, -0.05) is 6.08 Å². The molecule has 0 unspecified atom stereocenters. The summed E-state index contributed by atoms with van der Waals surface area (Å²) in [6.45, 7) is 2.47. The summed E-state index contributed by atoms with van der Waals surface area (Å²) >= 11 is 4.43. The van der Waals surface area contributed by atoms with Crippen LogP contribution in [0.3, 0.4) is 0 Å². The predicted molar refractivity (Wildman–Crippen MR) is 38.5 cm³/mol. The number of hydrogen-bond donors (Lipinski definition) is 0. The van der Waals surface area contributed by atoms with E-state index in [1.54, 1.807) is 0 Å². The van der Waals surface area contributed by atoms with Gasteiger partial charge in [0.05, 0.1) is 11.8 Å². The quantitative estimate of drug-likeness (QED) is 0.312. The monoisotopic (exact) mass is 141 g/mol. The van der Waals surface area contributed by atoms with Crippen molar-refractivity contribution in [2.75, 3.05) is 6.61 Å². The molecule has 0 N–H and O–H groups in total. The molecule has 0 aliphatic carbocycles. The molecule has 1 heterocycles. The summed E-state index contributed by atoms with van der Waals surface area (Å²) in [6.07, 6.45) is 3.78. The van der Waals surface area contributed by atoms with Crippen LogP contribution in [0.5, 0.6) is 0 Å². The molecular formula is C6H7NOS. The molecule has 3 heteroatoms. The summed E-state index contributed by atoms with van der Waals surface area (Å²) in [5.74, 6) is 0. The van der Waals surface area contributed by atoms with E-state index in [9.17, 15) is 0 Å². The second-order valence-corrected chi connectivity index (χ2v) is 2.15. The summed E-state index contributed by atoms with van der Waals surface area (Å²) < 4.78 is 5.17. The van der Waals surface area contributed by atoms with Gasteiger partial charge < -0.3 is 4.74 Å². The van der Waals surface area contributed by atoms with Crippen molar-refractivity contribution >= 4 is 17.4 Å². The zero-order chi connectivity index (χ0) is 6.74. The summed E-state index contributed by atoms with van der Waals surface area (Å²) in [5, 5.41) is 2.28. The van der Waals surface area contributed by atoms with Crippen LogP contribution in [0.2, 0.25) is 0 Å². The van der Waals surface area contributed by atoms with Gasteiger partial charge in [0.25, 0.3) is 0 Å². The van der Waals surface area contributed by atoms with Crippen LogP contribution in [0.1, 0.15) is 6.92 Å². The summed E-state index contributed by atoms with van der Waals surface area (Å²) in [5.41, 5.74) is -0.526. The lowest BCUT2D eigenvalue weighted by Crippen LogP contribution is -2.17. The van der Waals surface area contributed by atoms with Crippen LogP contribution in [0, 0.1) is 0 Å². The minimum Gasteiger partial charge on any atom is -0.346 e. The largest absolute Gasteiger partial charge is 0.346 e. The van der Waals surface area contributed by atoms with Gasteiger partial charge in [-0.2, -0.15) is 4.99 Å². The Morgan fingerprint density at radius 1 is 1.89 bits per heavy atom.